The fourth-order valence-corrected chi connectivity index (χ4v) is 3.07. The summed E-state index contributed by atoms with van der Waals surface area (Å²) in [7, 11) is -3.81. The second-order valence-electron chi connectivity index (χ2n) is 4.45. The largest absolute Gasteiger partial charge is 0.494 e. The van der Waals surface area contributed by atoms with Crippen LogP contribution in [0.3, 0.4) is 0 Å². The first-order chi connectivity index (χ1) is 11.1. The first kappa shape index (κ1) is 17.8. The smallest absolute Gasteiger partial charge is 0.267 e. The molecule has 0 unspecified atom stereocenters. The summed E-state index contributed by atoms with van der Waals surface area (Å²) >= 11 is 0. The molecule has 2 aromatic rings. The lowest BCUT2D eigenvalue weighted by atomic mass is 10.2. The van der Waals surface area contributed by atoms with Crippen molar-refractivity contribution in [1.82, 2.24) is 0 Å². The molecule has 0 amide bonds. The second kappa shape index (κ2) is 6.15. The average molecular weight is 368 g/mol. The number of nitrogen functional groups attached to an aromatic ring is 1. The third-order valence-corrected chi connectivity index (χ3v) is 4.37. The standard InChI is InChI=1S/C13H9F5N2O3S/c1-23-7-3-2-5(4-6(7)14)20-24(21,22)13-11(18)9(16)8(15)10(17)12(13)19/h2-4,20H,19H2,1H3. The zero-order chi connectivity index (χ0) is 18.2. The van der Waals surface area contributed by atoms with Gasteiger partial charge < -0.3 is 10.5 Å². The molecule has 0 aliphatic heterocycles. The summed E-state index contributed by atoms with van der Waals surface area (Å²) in [5.41, 5.74) is 3.18. The molecule has 130 valence electrons. The maximum atomic E-state index is 13.7. The van der Waals surface area contributed by atoms with Crippen molar-refractivity contribution >= 4 is 21.4 Å². The molecular formula is C13H9F5N2O3S. The zero-order valence-corrected chi connectivity index (χ0v) is 12.6. The Balaban J connectivity index is 2.55. The summed E-state index contributed by atoms with van der Waals surface area (Å²) in [6.45, 7) is 0. The summed E-state index contributed by atoms with van der Waals surface area (Å²) in [6, 6.07) is 2.78. The maximum absolute atomic E-state index is 13.7. The van der Waals surface area contributed by atoms with E-state index >= 15 is 0 Å². The van der Waals surface area contributed by atoms with Crippen LogP contribution in [0.15, 0.2) is 23.1 Å². The minimum atomic E-state index is -4.98. The highest BCUT2D eigenvalue weighted by molar-refractivity contribution is 7.92. The Hall–Kier alpha value is -2.56. The molecule has 0 aromatic heterocycles. The van der Waals surface area contributed by atoms with Gasteiger partial charge in [0.05, 0.1) is 18.5 Å². The van der Waals surface area contributed by atoms with Crippen LogP contribution in [-0.4, -0.2) is 15.5 Å². The SMILES string of the molecule is COc1ccc(NS(=O)(=O)c2c(N)c(F)c(F)c(F)c2F)cc1F. The first-order valence-electron chi connectivity index (χ1n) is 6.08. The van der Waals surface area contributed by atoms with Crippen LogP contribution in [0.2, 0.25) is 0 Å². The maximum Gasteiger partial charge on any atom is 0.267 e. The van der Waals surface area contributed by atoms with E-state index in [0.29, 0.717) is 6.07 Å². The van der Waals surface area contributed by atoms with Crippen molar-refractivity contribution in [3.05, 3.63) is 47.3 Å². The van der Waals surface area contributed by atoms with Gasteiger partial charge in [-0.15, -0.1) is 0 Å². The number of ether oxygens (including phenoxy) is 1. The van der Waals surface area contributed by atoms with Gasteiger partial charge in [-0.25, -0.2) is 30.4 Å². The van der Waals surface area contributed by atoms with Crippen LogP contribution in [-0.2, 0) is 10.0 Å². The molecule has 0 saturated carbocycles. The number of methoxy groups -OCH3 is 1. The Morgan fingerprint density at radius 2 is 1.58 bits per heavy atom. The molecule has 2 rings (SSSR count). The van der Waals surface area contributed by atoms with E-state index in [2.05, 4.69) is 4.74 Å². The van der Waals surface area contributed by atoms with Gasteiger partial charge in [0.15, 0.2) is 39.7 Å². The number of halogens is 5. The minimum absolute atomic E-state index is 0.206. The van der Waals surface area contributed by atoms with Gasteiger partial charge in [0.1, 0.15) is 0 Å². The van der Waals surface area contributed by atoms with Gasteiger partial charge in [-0.05, 0) is 12.1 Å². The van der Waals surface area contributed by atoms with Gasteiger partial charge in [-0.3, -0.25) is 4.72 Å². The highest BCUT2D eigenvalue weighted by Gasteiger charge is 2.32. The van der Waals surface area contributed by atoms with Crippen molar-refractivity contribution in [2.75, 3.05) is 17.6 Å². The van der Waals surface area contributed by atoms with Crippen molar-refractivity contribution in [3.8, 4) is 5.75 Å². The van der Waals surface area contributed by atoms with Crippen LogP contribution in [0.4, 0.5) is 33.3 Å². The Morgan fingerprint density at radius 3 is 2.12 bits per heavy atom. The number of nitrogens with one attached hydrogen (secondary N) is 1. The van der Waals surface area contributed by atoms with Crippen LogP contribution in [0.5, 0.6) is 5.75 Å². The Labute approximate surface area is 132 Å². The predicted octanol–water partition coefficient (Wildman–Crippen LogP) is 2.77. The highest BCUT2D eigenvalue weighted by Crippen LogP contribution is 2.31. The molecule has 0 bridgehead atoms. The third-order valence-electron chi connectivity index (χ3n) is 2.93. The van der Waals surface area contributed by atoms with E-state index < -0.39 is 55.4 Å². The van der Waals surface area contributed by atoms with Crippen LogP contribution >= 0.6 is 0 Å². The number of anilines is 2. The highest BCUT2D eigenvalue weighted by atomic mass is 32.2. The van der Waals surface area contributed by atoms with E-state index in [1.165, 1.54) is 7.11 Å². The fourth-order valence-electron chi connectivity index (χ4n) is 1.83. The number of hydrogen-bond donors (Lipinski definition) is 2. The molecule has 0 spiro atoms. The molecule has 2 aromatic carbocycles. The Kier molecular flexibility index (Phi) is 4.56. The van der Waals surface area contributed by atoms with E-state index in [1.54, 1.807) is 4.72 Å². The number of sulfonamides is 1. The molecule has 5 nitrogen and oxygen atoms in total. The van der Waals surface area contributed by atoms with Gasteiger partial charge in [-0.1, -0.05) is 0 Å². The van der Waals surface area contributed by atoms with Gasteiger partial charge in [0, 0.05) is 6.07 Å². The summed E-state index contributed by atoms with van der Waals surface area (Å²) in [6.07, 6.45) is 0. The van der Waals surface area contributed by atoms with Gasteiger partial charge in [0.2, 0.25) is 0 Å². The second-order valence-corrected chi connectivity index (χ2v) is 6.07. The summed E-state index contributed by atoms with van der Waals surface area (Å²) in [5.74, 6) is -10.0. The van der Waals surface area contributed by atoms with Crippen molar-refractivity contribution in [3.63, 3.8) is 0 Å². The quantitative estimate of drug-likeness (QED) is 0.376. The number of hydrogen-bond acceptors (Lipinski definition) is 4. The fraction of sp³-hybridized carbons (Fsp3) is 0.0769. The predicted molar refractivity (Wildman–Crippen MR) is 74.4 cm³/mol. The minimum Gasteiger partial charge on any atom is -0.494 e. The summed E-state index contributed by atoms with van der Waals surface area (Å²) in [4.78, 5) is -1.63. The third kappa shape index (κ3) is 2.94. The van der Waals surface area contributed by atoms with E-state index in [4.69, 9.17) is 5.73 Å². The lowest BCUT2D eigenvalue weighted by Crippen LogP contribution is -2.19. The molecule has 0 heterocycles. The molecule has 0 saturated heterocycles. The first-order valence-corrected chi connectivity index (χ1v) is 7.56. The number of nitrogens with two attached hydrogens (primary N) is 1. The molecule has 0 radical (unpaired) electrons. The van der Waals surface area contributed by atoms with Crippen molar-refractivity contribution in [2.45, 2.75) is 4.90 Å². The normalized spacial score (nSPS) is 11.4. The van der Waals surface area contributed by atoms with Crippen LogP contribution in [0.1, 0.15) is 0 Å². The van der Waals surface area contributed by atoms with Crippen LogP contribution in [0, 0.1) is 29.1 Å². The molecule has 11 heteroatoms. The van der Waals surface area contributed by atoms with Gasteiger partial charge in [0.25, 0.3) is 10.0 Å². The molecule has 0 atom stereocenters. The molecule has 0 fully saturated rings. The number of benzene rings is 2. The Bertz CT molecular complexity index is 889. The number of rotatable bonds is 4. The van der Waals surface area contributed by atoms with Crippen molar-refractivity contribution < 1.29 is 35.1 Å². The van der Waals surface area contributed by atoms with E-state index in [0.717, 1.165) is 12.1 Å². The molecule has 0 aliphatic rings. The van der Waals surface area contributed by atoms with Crippen LogP contribution < -0.4 is 15.2 Å². The topological polar surface area (TPSA) is 81.4 Å². The van der Waals surface area contributed by atoms with Crippen LogP contribution in [0.25, 0.3) is 0 Å². The van der Waals surface area contributed by atoms with E-state index in [9.17, 15) is 30.4 Å². The van der Waals surface area contributed by atoms with Gasteiger partial charge >= 0.3 is 0 Å². The molecule has 24 heavy (non-hydrogen) atoms. The molecular weight excluding hydrogens is 359 g/mol. The van der Waals surface area contributed by atoms with Crippen molar-refractivity contribution in [1.29, 1.82) is 0 Å². The molecule has 3 N–H and O–H groups in total. The van der Waals surface area contributed by atoms with E-state index in [1.807, 2.05) is 0 Å². The lowest BCUT2D eigenvalue weighted by Gasteiger charge is -2.13. The summed E-state index contributed by atoms with van der Waals surface area (Å²) < 4.78 is 97.4. The average Bonchev–Trinajstić information content (AvgIpc) is 2.50. The van der Waals surface area contributed by atoms with Gasteiger partial charge in [-0.2, -0.15) is 0 Å². The lowest BCUT2D eigenvalue weighted by molar-refractivity contribution is 0.386. The molecule has 0 aliphatic carbocycles. The summed E-state index contributed by atoms with van der Waals surface area (Å²) in [5, 5.41) is 0. The van der Waals surface area contributed by atoms with Crippen molar-refractivity contribution in [2.24, 2.45) is 0 Å². The monoisotopic (exact) mass is 368 g/mol. The Morgan fingerprint density at radius 1 is 1.00 bits per heavy atom. The van der Waals surface area contributed by atoms with E-state index in [-0.39, 0.29) is 5.75 Å². The zero-order valence-electron chi connectivity index (χ0n) is 11.8.